The number of aromatic nitrogens is 2. The van der Waals surface area contributed by atoms with E-state index in [2.05, 4.69) is 66.0 Å². The van der Waals surface area contributed by atoms with Gasteiger partial charge in [0, 0.05) is 31.7 Å². The number of hydrogen-bond acceptors (Lipinski definition) is 5. The Morgan fingerprint density at radius 2 is 2.10 bits per heavy atom. The lowest BCUT2D eigenvalue weighted by atomic mass is 9.97. The minimum Gasteiger partial charge on any atom is -0.369 e. The van der Waals surface area contributed by atoms with Crippen molar-refractivity contribution in [2.24, 2.45) is 5.41 Å². The minimum absolute atomic E-state index is 0.245. The predicted molar refractivity (Wildman–Crippen MR) is 84.3 cm³/mol. The zero-order chi connectivity index (χ0) is 14.8. The molecule has 20 heavy (non-hydrogen) atoms. The van der Waals surface area contributed by atoms with E-state index in [9.17, 15) is 0 Å². The van der Waals surface area contributed by atoms with Crippen molar-refractivity contribution in [3.8, 4) is 0 Å². The third-order valence-electron chi connectivity index (χ3n) is 3.67. The van der Waals surface area contributed by atoms with E-state index in [4.69, 9.17) is 0 Å². The van der Waals surface area contributed by atoms with Crippen LogP contribution in [0.25, 0.3) is 0 Å². The lowest BCUT2D eigenvalue weighted by molar-refractivity contribution is 0.315. The van der Waals surface area contributed by atoms with Crippen molar-refractivity contribution in [3.05, 3.63) is 12.4 Å². The van der Waals surface area contributed by atoms with Crippen molar-refractivity contribution >= 4 is 11.6 Å². The van der Waals surface area contributed by atoms with Crippen molar-refractivity contribution in [1.29, 1.82) is 0 Å². The van der Waals surface area contributed by atoms with E-state index < -0.39 is 0 Å². The SMILES string of the molecule is CN(C)[C@@H]1CCN(c2cc(NCC(C)(C)C)ncn2)C1. The lowest BCUT2D eigenvalue weighted by Crippen LogP contribution is -2.31. The van der Waals surface area contributed by atoms with Crippen molar-refractivity contribution in [2.75, 3.05) is 43.9 Å². The fourth-order valence-electron chi connectivity index (χ4n) is 2.34. The molecule has 0 spiro atoms. The molecule has 0 saturated carbocycles. The van der Waals surface area contributed by atoms with Gasteiger partial charge in [-0.1, -0.05) is 20.8 Å². The Hall–Kier alpha value is -1.36. The molecule has 0 aromatic carbocycles. The first-order chi connectivity index (χ1) is 9.35. The van der Waals surface area contributed by atoms with Gasteiger partial charge in [-0.25, -0.2) is 9.97 Å². The normalized spacial score (nSPS) is 19.7. The van der Waals surface area contributed by atoms with E-state index in [1.54, 1.807) is 6.33 Å². The van der Waals surface area contributed by atoms with Gasteiger partial charge in [0.15, 0.2) is 0 Å². The van der Waals surface area contributed by atoms with E-state index in [-0.39, 0.29) is 5.41 Å². The molecule has 1 aliphatic heterocycles. The summed E-state index contributed by atoms with van der Waals surface area (Å²) in [7, 11) is 4.29. The van der Waals surface area contributed by atoms with Crippen LogP contribution < -0.4 is 10.2 Å². The molecule has 0 aliphatic carbocycles. The van der Waals surface area contributed by atoms with Gasteiger partial charge in [0.25, 0.3) is 0 Å². The first-order valence-corrected chi connectivity index (χ1v) is 7.32. The van der Waals surface area contributed by atoms with Gasteiger partial charge in [0.2, 0.25) is 0 Å². The summed E-state index contributed by atoms with van der Waals surface area (Å²) < 4.78 is 0. The third kappa shape index (κ3) is 4.07. The van der Waals surface area contributed by atoms with Gasteiger partial charge in [0.1, 0.15) is 18.0 Å². The Morgan fingerprint density at radius 1 is 1.35 bits per heavy atom. The largest absolute Gasteiger partial charge is 0.369 e. The minimum atomic E-state index is 0.245. The molecule has 2 heterocycles. The van der Waals surface area contributed by atoms with Crippen molar-refractivity contribution in [1.82, 2.24) is 14.9 Å². The summed E-state index contributed by atoms with van der Waals surface area (Å²) in [6.07, 6.45) is 2.85. The molecule has 1 aromatic rings. The van der Waals surface area contributed by atoms with Gasteiger partial charge in [-0.05, 0) is 25.9 Å². The molecule has 5 heteroatoms. The van der Waals surface area contributed by atoms with Gasteiger partial charge in [-0.3, -0.25) is 0 Å². The number of rotatable bonds is 4. The molecule has 5 nitrogen and oxygen atoms in total. The maximum Gasteiger partial charge on any atom is 0.134 e. The molecule has 1 N–H and O–H groups in total. The zero-order valence-corrected chi connectivity index (χ0v) is 13.3. The Bertz CT molecular complexity index is 438. The third-order valence-corrected chi connectivity index (χ3v) is 3.67. The van der Waals surface area contributed by atoms with Crippen LogP contribution in [-0.2, 0) is 0 Å². The smallest absolute Gasteiger partial charge is 0.134 e. The Balaban J connectivity index is 2.00. The van der Waals surface area contributed by atoms with Crippen LogP contribution in [0, 0.1) is 5.41 Å². The lowest BCUT2D eigenvalue weighted by Gasteiger charge is -2.22. The van der Waals surface area contributed by atoms with Crippen LogP contribution in [-0.4, -0.2) is 54.6 Å². The van der Waals surface area contributed by atoms with Crippen LogP contribution in [0.3, 0.4) is 0 Å². The van der Waals surface area contributed by atoms with E-state index in [1.807, 2.05) is 0 Å². The summed E-state index contributed by atoms with van der Waals surface area (Å²) in [6, 6.07) is 2.68. The predicted octanol–water partition coefficient (Wildman–Crippen LogP) is 2.07. The first kappa shape index (κ1) is 15.0. The summed E-state index contributed by atoms with van der Waals surface area (Å²) in [5, 5.41) is 3.39. The second-order valence-corrected chi connectivity index (χ2v) is 7.03. The highest BCUT2D eigenvalue weighted by Crippen LogP contribution is 2.22. The van der Waals surface area contributed by atoms with Gasteiger partial charge in [-0.15, -0.1) is 0 Å². The molecule has 1 aromatic heterocycles. The van der Waals surface area contributed by atoms with Crippen LogP contribution in [0.5, 0.6) is 0 Å². The standard InChI is InChI=1S/C15H27N5/c1-15(2,3)10-16-13-8-14(18-11-17-13)20-7-6-12(9-20)19(4)5/h8,11-12H,6-7,9-10H2,1-5H3,(H,16,17,18)/t12-/m1/s1. The molecule has 2 rings (SSSR count). The highest BCUT2D eigenvalue weighted by Gasteiger charge is 2.25. The monoisotopic (exact) mass is 277 g/mol. The maximum atomic E-state index is 4.42. The molecule has 0 amide bonds. The average Bonchev–Trinajstić information content (AvgIpc) is 2.86. The van der Waals surface area contributed by atoms with Gasteiger partial charge in [-0.2, -0.15) is 0 Å². The fraction of sp³-hybridized carbons (Fsp3) is 0.733. The fourth-order valence-corrected chi connectivity index (χ4v) is 2.34. The van der Waals surface area contributed by atoms with Crippen LogP contribution in [0.15, 0.2) is 12.4 Å². The second kappa shape index (κ2) is 5.95. The van der Waals surface area contributed by atoms with E-state index in [1.165, 1.54) is 6.42 Å². The van der Waals surface area contributed by atoms with Crippen molar-refractivity contribution in [3.63, 3.8) is 0 Å². The Labute approximate surface area is 122 Å². The van der Waals surface area contributed by atoms with Crippen LogP contribution >= 0.6 is 0 Å². The van der Waals surface area contributed by atoms with E-state index in [0.29, 0.717) is 6.04 Å². The molecule has 0 bridgehead atoms. The molecule has 0 radical (unpaired) electrons. The quantitative estimate of drug-likeness (QED) is 0.913. The molecule has 1 aliphatic rings. The molecular formula is C15H27N5. The maximum absolute atomic E-state index is 4.42. The van der Waals surface area contributed by atoms with Gasteiger partial charge in [0.05, 0.1) is 0 Å². The summed E-state index contributed by atoms with van der Waals surface area (Å²) in [5.41, 5.74) is 0.245. The molecule has 1 atom stereocenters. The van der Waals surface area contributed by atoms with Crippen molar-refractivity contribution in [2.45, 2.75) is 33.2 Å². The summed E-state index contributed by atoms with van der Waals surface area (Å²) >= 11 is 0. The Morgan fingerprint density at radius 3 is 2.70 bits per heavy atom. The van der Waals surface area contributed by atoms with Crippen LogP contribution in [0.4, 0.5) is 11.6 Å². The number of nitrogens with one attached hydrogen (secondary N) is 1. The highest BCUT2D eigenvalue weighted by atomic mass is 15.3. The molecule has 112 valence electrons. The summed E-state index contributed by atoms with van der Waals surface area (Å²) in [5.74, 6) is 1.94. The van der Waals surface area contributed by atoms with Gasteiger partial charge < -0.3 is 15.1 Å². The molecule has 1 fully saturated rings. The summed E-state index contributed by atoms with van der Waals surface area (Å²) in [6.45, 7) is 9.66. The molecule has 0 unspecified atom stereocenters. The first-order valence-electron chi connectivity index (χ1n) is 7.32. The van der Waals surface area contributed by atoms with E-state index in [0.717, 1.165) is 31.3 Å². The number of hydrogen-bond donors (Lipinski definition) is 1. The van der Waals surface area contributed by atoms with Crippen LogP contribution in [0.2, 0.25) is 0 Å². The van der Waals surface area contributed by atoms with Gasteiger partial charge >= 0.3 is 0 Å². The molecule has 1 saturated heterocycles. The average molecular weight is 277 g/mol. The molecular weight excluding hydrogens is 250 g/mol. The van der Waals surface area contributed by atoms with Crippen molar-refractivity contribution < 1.29 is 0 Å². The number of anilines is 2. The Kier molecular flexibility index (Phi) is 4.48. The highest BCUT2D eigenvalue weighted by molar-refractivity contribution is 5.49. The second-order valence-electron chi connectivity index (χ2n) is 7.03. The number of likely N-dealkylation sites (N-methyl/N-ethyl adjacent to an activating group) is 1. The summed E-state index contributed by atoms with van der Waals surface area (Å²) in [4.78, 5) is 13.4. The number of nitrogens with zero attached hydrogens (tertiary/aromatic N) is 4. The zero-order valence-electron chi connectivity index (χ0n) is 13.3. The topological polar surface area (TPSA) is 44.3 Å². The van der Waals surface area contributed by atoms with Crippen LogP contribution in [0.1, 0.15) is 27.2 Å². The van der Waals surface area contributed by atoms with E-state index >= 15 is 0 Å².